The summed E-state index contributed by atoms with van der Waals surface area (Å²) in [6.45, 7) is 0. The molecule has 0 aromatic heterocycles. The molecule has 0 amide bonds. The van der Waals surface area contributed by atoms with Crippen molar-refractivity contribution >= 4 is 28.3 Å². The number of benzene rings is 3. The van der Waals surface area contributed by atoms with Gasteiger partial charge in [0.15, 0.2) is 0 Å². The Morgan fingerprint density at radius 3 is 2.31 bits per heavy atom. The minimum absolute atomic E-state index is 0.229. The molecule has 2 unspecified atom stereocenters. The molecule has 172 valence electrons. The Kier molecular flexibility index (Phi) is 4.26. The summed E-state index contributed by atoms with van der Waals surface area (Å²) in [4.78, 5) is 0. The molecule has 5 aliphatic carbocycles. The minimum atomic E-state index is -0.229. The summed E-state index contributed by atoms with van der Waals surface area (Å²) in [6, 6.07) is 26.7. The lowest BCUT2D eigenvalue weighted by molar-refractivity contribution is 0.701. The van der Waals surface area contributed by atoms with Crippen molar-refractivity contribution in [2.75, 3.05) is 0 Å². The SMILES string of the molecule is Clc1ccc(C2=CCCC3=C2c2ccccc2C32C3=C(C4=CC=CCC4C=C3)c3ccccc32)cc1. The number of halogens is 1. The van der Waals surface area contributed by atoms with Crippen molar-refractivity contribution < 1.29 is 0 Å². The average molecular weight is 481 g/mol. The van der Waals surface area contributed by atoms with E-state index in [9.17, 15) is 0 Å². The number of fused-ring (bicyclic) bond motifs is 10. The van der Waals surface area contributed by atoms with Gasteiger partial charge in [0.1, 0.15) is 0 Å². The Morgan fingerprint density at radius 2 is 1.53 bits per heavy atom. The van der Waals surface area contributed by atoms with Crippen LogP contribution >= 0.6 is 11.6 Å². The second kappa shape index (κ2) is 7.45. The zero-order valence-electron chi connectivity index (χ0n) is 20.0. The largest absolute Gasteiger partial charge is 0.0843 e. The van der Waals surface area contributed by atoms with Gasteiger partial charge in [-0.2, -0.15) is 0 Å². The van der Waals surface area contributed by atoms with E-state index in [0.717, 1.165) is 24.3 Å². The van der Waals surface area contributed by atoms with E-state index >= 15 is 0 Å². The summed E-state index contributed by atoms with van der Waals surface area (Å²) in [6.07, 6.45) is 17.5. The van der Waals surface area contributed by atoms with E-state index in [-0.39, 0.29) is 5.41 Å². The molecule has 1 heteroatoms. The summed E-state index contributed by atoms with van der Waals surface area (Å²) in [5.41, 5.74) is 15.4. The van der Waals surface area contributed by atoms with Crippen LogP contribution in [0.25, 0.3) is 16.7 Å². The van der Waals surface area contributed by atoms with Gasteiger partial charge in [-0.15, -0.1) is 0 Å². The van der Waals surface area contributed by atoms with Crippen LogP contribution in [0, 0.1) is 5.92 Å². The van der Waals surface area contributed by atoms with Crippen LogP contribution in [-0.2, 0) is 5.41 Å². The quantitative estimate of drug-likeness (QED) is 0.325. The summed E-state index contributed by atoms with van der Waals surface area (Å²) >= 11 is 6.27. The van der Waals surface area contributed by atoms with Gasteiger partial charge in [-0.3, -0.25) is 0 Å². The number of rotatable bonds is 1. The third kappa shape index (κ3) is 2.50. The number of hydrogen-bond donors (Lipinski definition) is 0. The molecule has 36 heavy (non-hydrogen) atoms. The predicted molar refractivity (Wildman–Crippen MR) is 151 cm³/mol. The minimum Gasteiger partial charge on any atom is -0.0843 e. The Morgan fingerprint density at radius 1 is 0.806 bits per heavy atom. The fourth-order valence-electron chi connectivity index (χ4n) is 7.47. The van der Waals surface area contributed by atoms with Crippen LogP contribution in [0.5, 0.6) is 0 Å². The molecule has 0 bridgehead atoms. The summed E-state index contributed by atoms with van der Waals surface area (Å²) in [7, 11) is 0. The zero-order chi connectivity index (χ0) is 23.9. The maximum absolute atomic E-state index is 6.27. The van der Waals surface area contributed by atoms with E-state index in [0.29, 0.717) is 5.92 Å². The summed E-state index contributed by atoms with van der Waals surface area (Å²) in [5, 5.41) is 0.781. The first-order valence-electron chi connectivity index (χ1n) is 13.0. The van der Waals surface area contributed by atoms with Crippen molar-refractivity contribution in [3.63, 3.8) is 0 Å². The molecule has 8 rings (SSSR count). The van der Waals surface area contributed by atoms with Crippen molar-refractivity contribution in [1.29, 1.82) is 0 Å². The maximum Gasteiger partial charge on any atom is 0.0688 e. The van der Waals surface area contributed by atoms with Gasteiger partial charge >= 0.3 is 0 Å². The van der Waals surface area contributed by atoms with E-state index in [1.165, 1.54) is 55.7 Å². The van der Waals surface area contributed by atoms with Crippen LogP contribution in [0.4, 0.5) is 0 Å². The van der Waals surface area contributed by atoms with Crippen LogP contribution in [0.1, 0.15) is 47.1 Å². The Balaban J connectivity index is 1.48. The lowest BCUT2D eigenvalue weighted by Gasteiger charge is -2.36. The van der Waals surface area contributed by atoms with E-state index in [2.05, 4.69) is 97.1 Å². The predicted octanol–water partition coefficient (Wildman–Crippen LogP) is 9.11. The molecule has 0 nitrogen and oxygen atoms in total. The maximum atomic E-state index is 6.27. The van der Waals surface area contributed by atoms with Crippen molar-refractivity contribution in [3.05, 3.63) is 159 Å². The molecule has 0 saturated carbocycles. The monoisotopic (exact) mass is 480 g/mol. The molecule has 0 N–H and O–H groups in total. The first kappa shape index (κ1) is 20.6. The molecule has 0 saturated heterocycles. The molecule has 2 atom stereocenters. The van der Waals surface area contributed by atoms with Crippen molar-refractivity contribution in [3.8, 4) is 0 Å². The second-order valence-corrected chi connectivity index (χ2v) is 10.8. The topological polar surface area (TPSA) is 0 Å². The molecule has 0 aliphatic heterocycles. The van der Waals surface area contributed by atoms with Gasteiger partial charge in [0, 0.05) is 10.9 Å². The number of allylic oxidation sites excluding steroid dienone is 12. The van der Waals surface area contributed by atoms with Crippen LogP contribution in [0.3, 0.4) is 0 Å². The molecular formula is C35H25Cl. The van der Waals surface area contributed by atoms with E-state index < -0.39 is 0 Å². The van der Waals surface area contributed by atoms with Crippen LogP contribution in [-0.4, -0.2) is 0 Å². The van der Waals surface area contributed by atoms with Gasteiger partial charge in [0.25, 0.3) is 0 Å². The fraction of sp³-hybridized carbons (Fsp3) is 0.143. The van der Waals surface area contributed by atoms with Crippen molar-refractivity contribution in [1.82, 2.24) is 0 Å². The van der Waals surface area contributed by atoms with Gasteiger partial charge in [-0.05, 0) is 92.7 Å². The van der Waals surface area contributed by atoms with Gasteiger partial charge in [-0.1, -0.05) is 109 Å². The van der Waals surface area contributed by atoms with Crippen molar-refractivity contribution in [2.24, 2.45) is 5.92 Å². The lowest BCUT2D eigenvalue weighted by atomic mass is 9.65. The first-order chi connectivity index (χ1) is 17.8. The normalized spacial score (nSPS) is 24.8. The summed E-state index contributed by atoms with van der Waals surface area (Å²) < 4.78 is 0. The van der Waals surface area contributed by atoms with E-state index in [4.69, 9.17) is 11.6 Å². The molecule has 0 heterocycles. The molecule has 3 aromatic carbocycles. The van der Waals surface area contributed by atoms with Gasteiger partial charge in [0.2, 0.25) is 0 Å². The Bertz CT molecular complexity index is 1650. The third-order valence-corrected chi connectivity index (χ3v) is 9.03. The fourth-order valence-corrected chi connectivity index (χ4v) is 7.59. The third-order valence-electron chi connectivity index (χ3n) is 8.78. The van der Waals surface area contributed by atoms with Crippen LogP contribution in [0.2, 0.25) is 5.02 Å². The zero-order valence-corrected chi connectivity index (χ0v) is 20.7. The van der Waals surface area contributed by atoms with Crippen LogP contribution < -0.4 is 0 Å². The van der Waals surface area contributed by atoms with Gasteiger partial charge in [0.05, 0.1) is 5.41 Å². The lowest BCUT2D eigenvalue weighted by Crippen LogP contribution is -2.29. The van der Waals surface area contributed by atoms with Crippen molar-refractivity contribution in [2.45, 2.75) is 24.7 Å². The second-order valence-electron chi connectivity index (χ2n) is 10.4. The van der Waals surface area contributed by atoms with Crippen LogP contribution in [0.15, 0.2) is 126 Å². The highest BCUT2D eigenvalue weighted by molar-refractivity contribution is 6.30. The highest BCUT2D eigenvalue weighted by Crippen LogP contribution is 2.66. The molecule has 1 spiro atoms. The smallest absolute Gasteiger partial charge is 0.0688 e. The number of hydrogen-bond acceptors (Lipinski definition) is 0. The molecule has 0 fully saturated rings. The standard InChI is InChI=1S/C35H25Cl/c36-24-19-16-23(17-20-24)26-12-7-15-31-33(26)27-10-3-5-13-29(27)35(31)30-14-6-4-11-28(30)34-25-9-2-1-8-22(25)18-21-32(34)35/h1-6,9-14,16-22H,7-8,15H2. The summed E-state index contributed by atoms with van der Waals surface area (Å²) in [5.74, 6) is 0.470. The average Bonchev–Trinajstić information content (AvgIpc) is 3.41. The van der Waals surface area contributed by atoms with E-state index in [1.807, 2.05) is 12.1 Å². The first-order valence-corrected chi connectivity index (χ1v) is 13.4. The van der Waals surface area contributed by atoms with E-state index in [1.54, 1.807) is 5.57 Å². The van der Waals surface area contributed by atoms with Gasteiger partial charge in [-0.25, -0.2) is 0 Å². The highest BCUT2D eigenvalue weighted by Gasteiger charge is 2.55. The molecule has 3 aromatic rings. The molecule has 0 radical (unpaired) electrons. The Hall–Kier alpha value is -3.61. The molecular weight excluding hydrogens is 456 g/mol. The Labute approximate surface area is 217 Å². The highest BCUT2D eigenvalue weighted by atomic mass is 35.5. The molecule has 5 aliphatic rings. The van der Waals surface area contributed by atoms with Gasteiger partial charge < -0.3 is 0 Å².